The Hall–Kier alpha value is -1.09. The quantitative estimate of drug-likeness (QED) is 0.841. The van der Waals surface area contributed by atoms with Crippen LogP contribution < -0.4 is 5.14 Å². The van der Waals surface area contributed by atoms with E-state index in [0.717, 1.165) is 12.1 Å². The Kier molecular flexibility index (Phi) is 5.49. The molecule has 8 heteroatoms. The van der Waals surface area contributed by atoms with Crippen LogP contribution in [0.5, 0.6) is 0 Å². The summed E-state index contributed by atoms with van der Waals surface area (Å²) in [5.41, 5.74) is -0.325. The minimum atomic E-state index is -3.49. The molecule has 0 spiro atoms. The van der Waals surface area contributed by atoms with Gasteiger partial charge in [0.1, 0.15) is 11.6 Å². The maximum Gasteiger partial charge on any atom is 0.209 e. The molecule has 1 aromatic carbocycles. The smallest absolute Gasteiger partial charge is 0.209 e. The molecule has 1 fully saturated rings. The van der Waals surface area contributed by atoms with Crippen LogP contribution in [-0.2, 0) is 10.0 Å². The lowest BCUT2D eigenvalue weighted by Crippen LogP contribution is -2.39. The fourth-order valence-corrected chi connectivity index (χ4v) is 3.82. The van der Waals surface area contributed by atoms with Crippen molar-refractivity contribution in [2.45, 2.75) is 18.9 Å². The molecule has 1 heterocycles. The molecule has 124 valence electrons. The number of halogens is 2. The summed E-state index contributed by atoms with van der Waals surface area (Å²) >= 11 is 0. The number of nitrogens with zero attached hydrogens (tertiary/aromatic N) is 1. The first-order valence-corrected chi connectivity index (χ1v) is 8.82. The van der Waals surface area contributed by atoms with Crippen LogP contribution in [0, 0.1) is 17.6 Å². The largest absolute Gasteiger partial charge is 0.387 e. The lowest BCUT2D eigenvalue weighted by molar-refractivity contribution is 0.0870. The summed E-state index contributed by atoms with van der Waals surface area (Å²) in [4.78, 5) is 1.87. The van der Waals surface area contributed by atoms with Crippen molar-refractivity contribution in [3.05, 3.63) is 35.4 Å². The molecule has 0 saturated carbocycles. The summed E-state index contributed by atoms with van der Waals surface area (Å²) < 4.78 is 49.3. The maximum absolute atomic E-state index is 13.6. The molecule has 5 nitrogen and oxygen atoms in total. The average molecular weight is 334 g/mol. The summed E-state index contributed by atoms with van der Waals surface area (Å²) in [5.74, 6) is -1.59. The van der Waals surface area contributed by atoms with Gasteiger partial charge in [-0.25, -0.2) is 22.3 Å². The second-order valence-corrected chi connectivity index (χ2v) is 7.38. The van der Waals surface area contributed by atoms with Crippen molar-refractivity contribution in [2.75, 3.05) is 25.4 Å². The molecule has 1 saturated heterocycles. The molecule has 0 aliphatic carbocycles. The normalized spacial score (nSPS) is 19.3. The average Bonchev–Trinajstić information content (AvgIpc) is 2.39. The van der Waals surface area contributed by atoms with Gasteiger partial charge in [0.05, 0.1) is 17.4 Å². The molecule has 1 aliphatic rings. The maximum atomic E-state index is 13.6. The zero-order valence-electron chi connectivity index (χ0n) is 12.1. The van der Waals surface area contributed by atoms with E-state index in [1.165, 1.54) is 6.07 Å². The molecule has 0 aromatic heterocycles. The van der Waals surface area contributed by atoms with Crippen molar-refractivity contribution < 1.29 is 22.3 Å². The molecular weight excluding hydrogens is 314 g/mol. The number of aliphatic hydroxyl groups excluding tert-OH is 1. The van der Waals surface area contributed by atoms with Crippen LogP contribution >= 0.6 is 0 Å². The number of hydrogen-bond acceptors (Lipinski definition) is 4. The third-order valence-electron chi connectivity index (χ3n) is 3.94. The van der Waals surface area contributed by atoms with Crippen LogP contribution in [0.3, 0.4) is 0 Å². The topological polar surface area (TPSA) is 83.6 Å². The van der Waals surface area contributed by atoms with E-state index < -0.39 is 27.8 Å². The van der Waals surface area contributed by atoms with Gasteiger partial charge in [-0.1, -0.05) is 6.07 Å². The van der Waals surface area contributed by atoms with Gasteiger partial charge in [-0.2, -0.15) is 0 Å². The molecule has 22 heavy (non-hydrogen) atoms. The summed E-state index contributed by atoms with van der Waals surface area (Å²) in [6.45, 7) is 1.24. The Labute approximate surface area is 128 Å². The van der Waals surface area contributed by atoms with Crippen LogP contribution in [0.25, 0.3) is 0 Å². The van der Waals surface area contributed by atoms with Crippen molar-refractivity contribution in [2.24, 2.45) is 11.1 Å². The molecule has 0 amide bonds. The van der Waals surface area contributed by atoms with Gasteiger partial charge in [0.25, 0.3) is 0 Å². The van der Waals surface area contributed by atoms with Crippen LogP contribution in [0.2, 0.25) is 0 Å². The standard InChI is InChI=1S/C14H20F2N2O3S/c15-11-2-1-3-12(16)14(11)13(19)8-18-6-4-10(5-7-18)9-22(17,20)21/h1-3,10,13,19H,4-9H2,(H2,17,20,21). The van der Waals surface area contributed by atoms with Crippen molar-refractivity contribution in [3.63, 3.8) is 0 Å². The van der Waals surface area contributed by atoms with E-state index >= 15 is 0 Å². The molecule has 2 rings (SSSR count). The predicted octanol–water partition coefficient (Wildman–Crippen LogP) is 0.999. The SMILES string of the molecule is NS(=O)(=O)CC1CCN(CC(O)c2c(F)cccc2F)CC1. The first-order valence-electron chi connectivity index (χ1n) is 7.11. The molecule has 1 aliphatic heterocycles. The van der Waals surface area contributed by atoms with Crippen LogP contribution in [0.4, 0.5) is 8.78 Å². The van der Waals surface area contributed by atoms with Gasteiger partial charge >= 0.3 is 0 Å². The Bertz CT molecular complexity index is 596. The zero-order valence-corrected chi connectivity index (χ0v) is 12.9. The second-order valence-electron chi connectivity index (χ2n) is 5.72. The lowest BCUT2D eigenvalue weighted by atomic mass is 9.98. The highest BCUT2D eigenvalue weighted by atomic mass is 32.2. The Morgan fingerprint density at radius 3 is 2.32 bits per heavy atom. The predicted molar refractivity (Wildman–Crippen MR) is 78.5 cm³/mol. The highest BCUT2D eigenvalue weighted by Gasteiger charge is 2.26. The van der Waals surface area contributed by atoms with E-state index in [4.69, 9.17) is 5.14 Å². The second kappa shape index (κ2) is 6.99. The van der Waals surface area contributed by atoms with Crippen LogP contribution in [0.15, 0.2) is 18.2 Å². The number of hydrogen-bond donors (Lipinski definition) is 2. The third kappa shape index (κ3) is 4.70. The van der Waals surface area contributed by atoms with Crippen molar-refractivity contribution in [1.82, 2.24) is 4.90 Å². The van der Waals surface area contributed by atoms with E-state index in [-0.39, 0.29) is 23.8 Å². The number of aliphatic hydroxyl groups is 1. The number of rotatable bonds is 5. The van der Waals surface area contributed by atoms with Crippen molar-refractivity contribution in [1.29, 1.82) is 0 Å². The minimum absolute atomic E-state index is 0.00593. The van der Waals surface area contributed by atoms with E-state index in [1.807, 2.05) is 4.90 Å². The first kappa shape index (κ1) is 17.3. The van der Waals surface area contributed by atoms with Crippen LogP contribution in [-0.4, -0.2) is 43.8 Å². The number of sulfonamides is 1. The van der Waals surface area contributed by atoms with E-state index in [9.17, 15) is 22.3 Å². The molecule has 0 bridgehead atoms. The summed E-state index contributed by atoms with van der Waals surface area (Å²) in [7, 11) is -3.49. The lowest BCUT2D eigenvalue weighted by Gasteiger charge is -2.32. The fourth-order valence-electron chi connectivity index (χ4n) is 2.83. The number of nitrogens with two attached hydrogens (primary N) is 1. The fraction of sp³-hybridized carbons (Fsp3) is 0.571. The van der Waals surface area contributed by atoms with E-state index in [2.05, 4.69) is 0 Å². The highest BCUT2D eigenvalue weighted by molar-refractivity contribution is 7.89. The Balaban J connectivity index is 1.91. The van der Waals surface area contributed by atoms with Crippen molar-refractivity contribution in [3.8, 4) is 0 Å². The Morgan fingerprint density at radius 2 is 1.82 bits per heavy atom. The number of likely N-dealkylation sites (tertiary alicyclic amines) is 1. The van der Waals surface area contributed by atoms with Gasteiger partial charge in [0, 0.05) is 6.54 Å². The number of β-amino-alcohol motifs (C(OH)–C–C–N with tert-alkyl or cyclic N) is 1. The van der Waals surface area contributed by atoms with Crippen LogP contribution in [0.1, 0.15) is 24.5 Å². The molecular formula is C14H20F2N2O3S. The van der Waals surface area contributed by atoms with Crippen molar-refractivity contribution >= 4 is 10.0 Å². The Morgan fingerprint density at radius 1 is 1.27 bits per heavy atom. The first-order chi connectivity index (χ1) is 10.3. The van der Waals surface area contributed by atoms with E-state index in [0.29, 0.717) is 25.9 Å². The van der Waals surface area contributed by atoms with Gasteiger partial charge in [-0.3, -0.25) is 0 Å². The summed E-state index contributed by atoms with van der Waals surface area (Å²) in [5, 5.41) is 15.1. The summed E-state index contributed by atoms with van der Waals surface area (Å²) in [6, 6.07) is 3.47. The van der Waals surface area contributed by atoms with Gasteiger partial charge in [0.2, 0.25) is 10.0 Å². The number of piperidine rings is 1. The molecule has 1 aromatic rings. The summed E-state index contributed by atoms with van der Waals surface area (Å²) in [6.07, 6.45) is 0.00205. The number of benzene rings is 1. The molecule has 1 unspecified atom stereocenters. The van der Waals surface area contributed by atoms with Gasteiger partial charge < -0.3 is 10.0 Å². The number of primary sulfonamides is 1. The molecule has 3 N–H and O–H groups in total. The van der Waals surface area contributed by atoms with Gasteiger partial charge in [0.15, 0.2) is 0 Å². The molecule has 1 atom stereocenters. The third-order valence-corrected chi connectivity index (χ3v) is 4.88. The highest BCUT2D eigenvalue weighted by Crippen LogP contribution is 2.24. The zero-order chi connectivity index (χ0) is 16.3. The van der Waals surface area contributed by atoms with Gasteiger partial charge in [-0.05, 0) is 44.0 Å². The monoisotopic (exact) mass is 334 g/mol. The van der Waals surface area contributed by atoms with Gasteiger partial charge in [-0.15, -0.1) is 0 Å². The van der Waals surface area contributed by atoms with E-state index in [1.54, 1.807) is 0 Å². The molecule has 0 radical (unpaired) electrons. The minimum Gasteiger partial charge on any atom is -0.387 e.